The molecular weight excluding hydrogens is 314 g/mol. The first-order chi connectivity index (χ1) is 10.8. The Labute approximate surface area is 138 Å². The van der Waals surface area contributed by atoms with Crippen LogP contribution in [0.1, 0.15) is 5.56 Å². The molecule has 0 amide bonds. The first kappa shape index (κ1) is 14.8. The fourth-order valence-electron chi connectivity index (χ4n) is 2.16. The van der Waals surface area contributed by atoms with E-state index in [2.05, 4.69) is 17.5 Å². The molecule has 0 bridgehead atoms. The van der Waals surface area contributed by atoms with E-state index in [0.717, 1.165) is 27.4 Å². The van der Waals surface area contributed by atoms with E-state index in [0.29, 0.717) is 5.02 Å². The number of nitrogens with zero attached hydrogens (tertiary/aromatic N) is 1. The predicted molar refractivity (Wildman–Crippen MR) is 94.0 cm³/mol. The minimum Gasteiger partial charge on any atom is -0.504 e. The van der Waals surface area contributed by atoms with Gasteiger partial charge in [-0.2, -0.15) is 0 Å². The van der Waals surface area contributed by atoms with Gasteiger partial charge in [0.1, 0.15) is 5.01 Å². The lowest BCUT2D eigenvalue weighted by Crippen LogP contribution is -1.85. The van der Waals surface area contributed by atoms with Gasteiger partial charge in [0.25, 0.3) is 0 Å². The largest absolute Gasteiger partial charge is 0.504 e. The van der Waals surface area contributed by atoms with Gasteiger partial charge in [0.15, 0.2) is 0 Å². The molecule has 1 heterocycles. The molecule has 0 atom stereocenters. The van der Waals surface area contributed by atoms with Crippen molar-refractivity contribution in [3.05, 3.63) is 70.8 Å². The maximum absolute atomic E-state index is 6.09. The maximum Gasteiger partial charge on any atom is 0.124 e. The molecule has 4 heteroatoms. The molecule has 0 aliphatic heterocycles. The van der Waals surface area contributed by atoms with Crippen LogP contribution in [0.25, 0.3) is 27.9 Å². The van der Waals surface area contributed by atoms with E-state index < -0.39 is 0 Å². The van der Waals surface area contributed by atoms with Crippen LogP contribution in [0.2, 0.25) is 5.02 Å². The van der Waals surface area contributed by atoms with Crippen LogP contribution in [0, 0.1) is 0 Å². The molecule has 0 fully saturated rings. The maximum atomic E-state index is 6.09. The van der Waals surface area contributed by atoms with E-state index in [9.17, 15) is 0 Å². The topological polar surface area (TPSA) is 22.1 Å². The minimum atomic E-state index is 0.693. The number of aromatic nitrogens is 1. The highest BCUT2D eigenvalue weighted by atomic mass is 35.5. The lowest BCUT2D eigenvalue weighted by Gasteiger charge is -2.04. The van der Waals surface area contributed by atoms with Crippen molar-refractivity contribution in [2.24, 2.45) is 0 Å². The SMILES string of the molecule is CO/C=C/c1cc(Cl)ccc1-c1csc(-c2ccccc2)n1. The molecule has 0 saturated carbocycles. The monoisotopic (exact) mass is 327 g/mol. The van der Waals surface area contributed by atoms with Gasteiger partial charge in [-0.3, -0.25) is 0 Å². The third-order valence-corrected chi connectivity index (χ3v) is 4.32. The van der Waals surface area contributed by atoms with Gasteiger partial charge in [-0.05, 0) is 23.8 Å². The molecule has 22 heavy (non-hydrogen) atoms. The van der Waals surface area contributed by atoms with E-state index in [1.807, 2.05) is 42.5 Å². The van der Waals surface area contributed by atoms with Gasteiger partial charge in [0.05, 0.1) is 19.1 Å². The van der Waals surface area contributed by atoms with Crippen molar-refractivity contribution in [2.75, 3.05) is 7.11 Å². The predicted octanol–water partition coefficient (Wildman–Crippen LogP) is 5.75. The van der Waals surface area contributed by atoms with Crippen molar-refractivity contribution in [1.82, 2.24) is 4.98 Å². The minimum absolute atomic E-state index is 0.693. The highest BCUT2D eigenvalue weighted by Crippen LogP contribution is 2.32. The van der Waals surface area contributed by atoms with Crippen LogP contribution in [0.4, 0.5) is 0 Å². The van der Waals surface area contributed by atoms with Crippen LogP contribution >= 0.6 is 22.9 Å². The number of thiazole rings is 1. The molecule has 0 N–H and O–H groups in total. The number of rotatable bonds is 4. The van der Waals surface area contributed by atoms with Crippen LogP contribution in [-0.2, 0) is 4.74 Å². The molecule has 0 spiro atoms. The van der Waals surface area contributed by atoms with Gasteiger partial charge in [0.2, 0.25) is 0 Å². The van der Waals surface area contributed by atoms with E-state index in [-0.39, 0.29) is 0 Å². The highest BCUT2D eigenvalue weighted by Gasteiger charge is 2.09. The molecule has 0 aliphatic carbocycles. The summed E-state index contributed by atoms with van der Waals surface area (Å²) in [7, 11) is 1.62. The fourth-order valence-corrected chi connectivity index (χ4v) is 3.16. The molecule has 3 rings (SSSR count). The Kier molecular flexibility index (Phi) is 4.56. The second-order valence-electron chi connectivity index (χ2n) is 4.67. The molecule has 3 aromatic rings. The van der Waals surface area contributed by atoms with E-state index in [1.54, 1.807) is 24.7 Å². The zero-order valence-electron chi connectivity index (χ0n) is 12.0. The van der Waals surface area contributed by atoms with Crippen LogP contribution in [0.3, 0.4) is 0 Å². The van der Waals surface area contributed by atoms with E-state index in [4.69, 9.17) is 21.3 Å². The summed E-state index contributed by atoms with van der Waals surface area (Å²) < 4.78 is 5.01. The third kappa shape index (κ3) is 3.21. The van der Waals surface area contributed by atoms with Gasteiger partial charge >= 0.3 is 0 Å². The van der Waals surface area contributed by atoms with Gasteiger partial charge in [0, 0.05) is 21.5 Å². The second kappa shape index (κ2) is 6.77. The zero-order chi connectivity index (χ0) is 15.4. The molecule has 0 radical (unpaired) electrons. The average molecular weight is 328 g/mol. The summed E-state index contributed by atoms with van der Waals surface area (Å²) in [5.74, 6) is 0. The van der Waals surface area contributed by atoms with Gasteiger partial charge < -0.3 is 4.74 Å². The number of hydrogen-bond acceptors (Lipinski definition) is 3. The van der Waals surface area contributed by atoms with Crippen molar-refractivity contribution >= 4 is 29.0 Å². The van der Waals surface area contributed by atoms with E-state index >= 15 is 0 Å². The summed E-state index contributed by atoms with van der Waals surface area (Å²) in [6.45, 7) is 0. The fraction of sp³-hybridized carbons (Fsp3) is 0.0556. The Morgan fingerprint density at radius 2 is 1.95 bits per heavy atom. The Morgan fingerprint density at radius 3 is 2.73 bits per heavy atom. The van der Waals surface area contributed by atoms with Crippen molar-refractivity contribution in [1.29, 1.82) is 0 Å². The molecule has 0 saturated heterocycles. The van der Waals surface area contributed by atoms with Crippen LogP contribution < -0.4 is 0 Å². The smallest absolute Gasteiger partial charge is 0.124 e. The van der Waals surface area contributed by atoms with E-state index in [1.165, 1.54) is 0 Å². The number of ether oxygens (including phenoxy) is 1. The number of hydrogen-bond donors (Lipinski definition) is 0. The van der Waals surface area contributed by atoms with Gasteiger partial charge in [-0.25, -0.2) is 4.98 Å². The van der Waals surface area contributed by atoms with Crippen molar-refractivity contribution in [3.63, 3.8) is 0 Å². The number of benzene rings is 2. The normalized spacial score (nSPS) is 11.0. The molecule has 1 aromatic heterocycles. The summed E-state index contributed by atoms with van der Waals surface area (Å²) in [4.78, 5) is 4.75. The first-order valence-electron chi connectivity index (χ1n) is 6.78. The lowest BCUT2D eigenvalue weighted by molar-refractivity contribution is 0.341. The first-order valence-corrected chi connectivity index (χ1v) is 8.04. The van der Waals surface area contributed by atoms with Crippen molar-refractivity contribution in [2.45, 2.75) is 0 Å². The molecule has 0 aliphatic rings. The highest BCUT2D eigenvalue weighted by molar-refractivity contribution is 7.13. The van der Waals surface area contributed by atoms with Crippen LogP contribution in [0.5, 0.6) is 0 Å². The Bertz CT molecular complexity index is 796. The lowest BCUT2D eigenvalue weighted by atomic mass is 10.1. The molecule has 2 aromatic carbocycles. The average Bonchev–Trinajstić information content (AvgIpc) is 3.03. The molecule has 2 nitrogen and oxygen atoms in total. The third-order valence-electron chi connectivity index (χ3n) is 3.20. The van der Waals surface area contributed by atoms with Crippen LogP contribution in [0.15, 0.2) is 60.2 Å². The summed E-state index contributed by atoms with van der Waals surface area (Å²) >= 11 is 7.73. The molecular formula is C18H14ClNOS. The molecule has 110 valence electrons. The summed E-state index contributed by atoms with van der Waals surface area (Å²) in [6.07, 6.45) is 3.53. The Balaban J connectivity index is 2.02. The molecule has 0 unspecified atom stereocenters. The standard InChI is InChI=1S/C18H14ClNOS/c1-21-10-9-14-11-15(19)7-8-16(14)17-12-22-18(20-17)13-5-3-2-4-6-13/h2-12H,1H3/b10-9+. The zero-order valence-corrected chi connectivity index (χ0v) is 13.6. The Hall–Kier alpha value is -2.10. The second-order valence-corrected chi connectivity index (χ2v) is 5.97. The quantitative estimate of drug-likeness (QED) is 0.569. The van der Waals surface area contributed by atoms with Gasteiger partial charge in [-0.15, -0.1) is 11.3 Å². The summed E-state index contributed by atoms with van der Waals surface area (Å²) in [6, 6.07) is 16.0. The van der Waals surface area contributed by atoms with Gasteiger partial charge in [-0.1, -0.05) is 48.0 Å². The summed E-state index contributed by atoms with van der Waals surface area (Å²) in [5, 5.41) is 3.76. The van der Waals surface area contributed by atoms with Crippen molar-refractivity contribution < 1.29 is 4.74 Å². The number of halogens is 1. The van der Waals surface area contributed by atoms with Crippen LogP contribution in [-0.4, -0.2) is 12.1 Å². The summed E-state index contributed by atoms with van der Waals surface area (Å²) in [5.41, 5.74) is 4.09. The van der Waals surface area contributed by atoms with Crippen molar-refractivity contribution in [3.8, 4) is 21.8 Å². The number of methoxy groups -OCH3 is 1. The Morgan fingerprint density at radius 1 is 1.14 bits per heavy atom.